The quantitative estimate of drug-likeness (QED) is 0.673. The zero-order chi connectivity index (χ0) is 13.5. The molecular weight excluding hydrogens is 255 g/mol. The number of fused-ring (bicyclic) bond motifs is 1. The van der Waals surface area contributed by atoms with Crippen LogP contribution >= 0.6 is 0 Å². The molecule has 0 fully saturated rings. The van der Waals surface area contributed by atoms with Gasteiger partial charge in [0.25, 0.3) is 0 Å². The van der Waals surface area contributed by atoms with Gasteiger partial charge in [-0.2, -0.15) is 18.3 Å². The Morgan fingerprint density at radius 1 is 1.00 bits per heavy atom. The highest BCUT2D eigenvalue weighted by atomic mass is 19.4. The predicted octanol–water partition coefficient (Wildman–Crippen LogP) is 3.42. The summed E-state index contributed by atoms with van der Waals surface area (Å²) in [7, 11) is 0. The Morgan fingerprint density at radius 3 is 2.63 bits per heavy atom. The van der Waals surface area contributed by atoms with Crippen LogP contribution in [0, 0.1) is 0 Å². The Bertz CT molecular complexity index is 731. The van der Waals surface area contributed by atoms with Gasteiger partial charge >= 0.3 is 6.18 Å². The number of rotatable bonds is 1. The molecule has 0 radical (unpaired) electrons. The average Bonchev–Trinajstić information content (AvgIpc) is 2.86. The van der Waals surface area contributed by atoms with Gasteiger partial charge in [0.2, 0.25) is 0 Å². The van der Waals surface area contributed by atoms with Crippen molar-refractivity contribution in [2.75, 3.05) is 0 Å². The van der Waals surface area contributed by atoms with Crippen LogP contribution in [0.25, 0.3) is 16.9 Å². The monoisotopic (exact) mass is 263 g/mol. The summed E-state index contributed by atoms with van der Waals surface area (Å²) in [4.78, 5) is 3.99. The van der Waals surface area contributed by atoms with Crippen molar-refractivity contribution in [2.24, 2.45) is 0 Å². The molecule has 0 bridgehead atoms. The topological polar surface area (TPSA) is 30.2 Å². The van der Waals surface area contributed by atoms with Crippen molar-refractivity contribution in [2.45, 2.75) is 6.18 Å². The van der Waals surface area contributed by atoms with E-state index in [2.05, 4.69) is 10.1 Å². The zero-order valence-electron chi connectivity index (χ0n) is 9.59. The molecule has 3 nitrogen and oxygen atoms in total. The first-order valence-electron chi connectivity index (χ1n) is 5.52. The molecule has 3 rings (SSSR count). The van der Waals surface area contributed by atoms with Crippen LogP contribution in [0.3, 0.4) is 0 Å². The van der Waals surface area contributed by atoms with Gasteiger partial charge in [-0.1, -0.05) is 6.07 Å². The van der Waals surface area contributed by atoms with Crippen LogP contribution in [0.15, 0.2) is 48.8 Å². The number of hydrogen-bond acceptors (Lipinski definition) is 2. The molecule has 0 aliphatic rings. The van der Waals surface area contributed by atoms with E-state index in [1.165, 1.54) is 0 Å². The van der Waals surface area contributed by atoms with Crippen molar-refractivity contribution >= 4 is 5.52 Å². The minimum Gasteiger partial charge on any atom is -0.255 e. The van der Waals surface area contributed by atoms with Crippen LogP contribution < -0.4 is 0 Å². The fourth-order valence-corrected chi connectivity index (χ4v) is 1.89. The fraction of sp³-hybridized carbons (Fsp3) is 0.0769. The Kier molecular flexibility index (Phi) is 2.51. The molecule has 96 valence electrons. The highest BCUT2D eigenvalue weighted by Crippen LogP contribution is 2.31. The second kappa shape index (κ2) is 4.08. The van der Waals surface area contributed by atoms with Crippen molar-refractivity contribution in [1.82, 2.24) is 14.6 Å². The molecule has 0 aromatic carbocycles. The molecule has 0 N–H and O–H groups in total. The number of alkyl halides is 3. The highest BCUT2D eigenvalue weighted by molar-refractivity contribution is 5.61. The fourth-order valence-electron chi connectivity index (χ4n) is 1.89. The summed E-state index contributed by atoms with van der Waals surface area (Å²) in [6, 6.07) is 9.02. The molecule has 6 heteroatoms. The smallest absolute Gasteiger partial charge is 0.255 e. The third-order valence-electron chi connectivity index (χ3n) is 2.77. The third-order valence-corrected chi connectivity index (χ3v) is 2.77. The van der Waals surface area contributed by atoms with E-state index in [0.717, 1.165) is 23.8 Å². The number of nitrogens with zero attached hydrogens (tertiary/aromatic N) is 3. The lowest BCUT2D eigenvalue weighted by Gasteiger charge is -2.09. The van der Waals surface area contributed by atoms with Gasteiger partial charge in [-0.15, -0.1) is 0 Å². The van der Waals surface area contributed by atoms with E-state index >= 15 is 0 Å². The first kappa shape index (κ1) is 11.7. The Labute approximate surface area is 106 Å². The zero-order valence-corrected chi connectivity index (χ0v) is 9.59. The predicted molar refractivity (Wildman–Crippen MR) is 63.4 cm³/mol. The van der Waals surface area contributed by atoms with Crippen molar-refractivity contribution in [1.29, 1.82) is 0 Å². The van der Waals surface area contributed by atoms with Gasteiger partial charge in [0.05, 0.1) is 28.7 Å². The maximum atomic E-state index is 12.7. The average molecular weight is 263 g/mol. The molecule has 0 amide bonds. The van der Waals surface area contributed by atoms with Crippen LogP contribution in [0.2, 0.25) is 0 Å². The van der Waals surface area contributed by atoms with Gasteiger partial charge in [-0.25, -0.2) is 4.52 Å². The van der Waals surface area contributed by atoms with Crippen molar-refractivity contribution < 1.29 is 13.2 Å². The molecule has 3 heterocycles. The summed E-state index contributed by atoms with van der Waals surface area (Å²) in [5.74, 6) is 0. The summed E-state index contributed by atoms with van der Waals surface area (Å²) < 4.78 is 39.6. The van der Waals surface area contributed by atoms with Gasteiger partial charge in [-0.3, -0.25) is 4.98 Å². The normalized spacial score (nSPS) is 11.9. The SMILES string of the molecule is FC(F)(F)c1ccnc(-c2cccc3ccnn23)c1. The van der Waals surface area contributed by atoms with Gasteiger partial charge < -0.3 is 0 Å². The minimum atomic E-state index is -4.38. The highest BCUT2D eigenvalue weighted by Gasteiger charge is 2.30. The molecule has 0 aliphatic carbocycles. The van der Waals surface area contributed by atoms with Crippen LogP contribution in [-0.4, -0.2) is 14.6 Å². The van der Waals surface area contributed by atoms with Crippen molar-refractivity contribution in [3.63, 3.8) is 0 Å². The molecule has 0 unspecified atom stereocenters. The number of aromatic nitrogens is 3. The molecular formula is C13H8F3N3. The summed E-state index contributed by atoms with van der Waals surface area (Å²) in [6.07, 6.45) is -1.64. The van der Waals surface area contributed by atoms with Crippen molar-refractivity contribution in [3.05, 3.63) is 54.4 Å². The third kappa shape index (κ3) is 2.05. The van der Waals surface area contributed by atoms with Crippen LogP contribution in [-0.2, 0) is 6.18 Å². The first-order chi connectivity index (χ1) is 9.05. The van der Waals surface area contributed by atoms with E-state index in [0.29, 0.717) is 5.69 Å². The molecule has 19 heavy (non-hydrogen) atoms. The minimum absolute atomic E-state index is 0.240. The molecule has 0 saturated carbocycles. The summed E-state index contributed by atoms with van der Waals surface area (Å²) in [5.41, 5.74) is 0.844. The van der Waals surface area contributed by atoms with Crippen LogP contribution in [0.5, 0.6) is 0 Å². The van der Waals surface area contributed by atoms with Crippen LogP contribution in [0.1, 0.15) is 5.56 Å². The number of halogens is 3. The second-order valence-electron chi connectivity index (χ2n) is 4.01. The largest absolute Gasteiger partial charge is 0.416 e. The van der Waals surface area contributed by atoms with E-state index < -0.39 is 11.7 Å². The Balaban J connectivity index is 2.19. The molecule has 0 aliphatic heterocycles. The van der Waals surface area contributed by atoms with Gasteiger partial charge in [0, 0.05) is 6.20 Å². The lowest BCUT2D eigenvalue weighted by atomic mass is 10.1. The number of hydrogen-bond donors (Lipinski definition) is 0. The van der Waals surface area contributed by atoms with Gasteiger partial charge in [-0.05, 0) is 30.3 Å². The maximum Gasteiger partial charge on any atom is 0.416 e. The van der Waals surface area contributed by atoms with Gasteiger partial charge in [0.1, 0.15) is 0 Å². The van der Waals surface area contributed by atoms with Crippen molar-refractivity contribution in [3.8, 4) is 11.4 Å². The van der Waals surface area contributed by atoms with Crippen LogP contribution in [0.4, 0.5) is 13.2 Å². The maximum absolute atomic E-state index is 12.7. The van der Waals surface area contributed by atoms with E-state index in [1.807, 2.05) is 6.07 Å². The summed E-state index contributed by atoms with van der Waals surface area (Å²) in [6.45, 7) is 0. The first-order valence-corrected chi connectivity index (χ1v) is 5.52. The molecule has 0 atom stereocenters. The lowest BCUT2D eigenvalue weighted by Crippen LogP contribution is -2.06. The summed E-state index contributed by atoms with van der Waals surface area (Å²) >= 11 is 0. The molecule has 0 spiro atoms. The Morgan fingerprint density at radius 2 is 1.84 bits per heavy atom. The van der Waals surface area contributed by atoms with E-state index in [9.17, 15) is 13.2 Å². The molecule has 3 aromatic rings. The van der Waals surface area contributed by atoms with Gasteiger partial charge in [0.15, 0.2) is 0 Å². The molecule has 3 aromatic heterocycles. The van der Waals surface area contributed by atoms with E-state index in [-0.39, 0.29) is 5.69 Å². The second-order valence-corrected chi connectivity index (χ2v) is 4.01. The Hall–Kier alpha value is -2.37. The van der Waals surface area contributed by atoms with E-state index in [4.69, 9.17) is 0 Å². The standard InChI is InChI=1S/C13H8F3N3/c14-13(15,16)9-4-6-17-11(8-9)12-3-1-2-10-5-7-18-19(10)12/h1-8H. The lowest BCUT2D eigenvalue weighted by molar-refractivity contribution is -0.137. The summed E-state index contributed by atoms with van der Waals surface area (Å²) in [5, 5.41) is 4.08. The van der Waals surface area contributed by atoms with E-state index in [1.54, 1.807) is 28.9 Å². The number of pyridine rings is 2. The molecule has 0 saturated heterocycles.